The molecular formula is C26H45BrNO2+. The van der Waals surface area contributed by atoms with Gasteiger partial charge >= 0.3 is 0 Å². The van der Waals surface area contributed by atoms with Crippen LogP contribution in [0.2, 0.25) is 0 Å². The van der Waals surface area contributed by atoms with Crippen LogP contribution in [-0.2, 0) is 11.2 Å². The molecule has 0 radical (unpaired) electrons. The molecule has 0 fully saturated rings. The van der Waals surface area contributed by atoms with Crippen molar-refractivity contribution < 1.29 is 14.4 Å². The number of nitrogens with zero attached hydrogens (tertiary/aromatic N) is 1. The van der Waals surface area contributed by atoms with Gasteiger partial charge in [-0.1, -0.05) is 53.9 Å². The molecule has 0 heterocycles. The molecule has 0 aliphatic rings. The average molecular weight is 484 g/mol. The molecule has 1 atom stereocenters. The van der Waals surface area contributed by atoms with Gasteiger partial charge in [0.05, 0.1) is 19.6 Å². The Morgan fingerprint density at radius 1 is 0.900 bits per heavy atom. The molecular weight excluding hydrogens is 438 g/mol. The van der Waals surface area contributed by atoms with Gasteiger partial charge in [0.2, 0.25) is 0 Å². The summed E-state index contributed by atoms with van der Waals surface area (Å²) >= 11 is 3.53. The molecule has 4 heteroatoms. The highest BCUT2D eigenvalue weighted by Crippen LogP contribution is 2.19. The molecule has 0 saturated heterocycles. The normalized spacial score (nSPS) is 13.4. The second-order valence-electron chi connectivity index (χ2n) is 9.00. The molecule has 1 aromatic rings. The van der Waals surface area contributed by atoms with Crippen molar-refractivity contribution in [3.05, 3.63) is 34.9 Å². The first-order chi connectivity index (χ1) is 14.5. The molecule has 0 aromatic heterocycles. The van der Waals surface area contributed by atoms with Crippen LogP contribution in [0.3, 0.4) is 0 Å². The molecule has 3 nitrogen and oxygen atoms in total. The highest BCUT2D eigenvalue weighted by Gasteiger charge is 2.29. The molecule has 0 amide bonds. The van der Waals surface area contributed by atoms with E-state index in [0.29, 0.717) is 18.7 Å². The SMILES string of the molecule is CCCCC[N+](CCCCO)(CCCCCCBr)CC(=O)Cc1c(C)cccc1C. The summed E-state index contributed by atoms with van der Waals surface area (Å²) in [5.41, 5.74) is 3.66. The molecule has 1 aromatic carbocycles. The van der Waals surface area contributed by atoms with E-state index in [4.69, 9.17) is 0 Å². The van der Waals surface area contributed by atoms with Gasteiger partial charge in [0.1, 0.15) is 6.54 Å². The Kier molecular flexibility index (Phi) is 14.6. The smallest absolute Gasteiger partial charge is 0.191 e. The fourth-order valence-corrected chi connectivity index (χ4v) is 4.88. The van der Waals surface area contributed by atoms with Crippen molar-refractivity contribution in [3.63, 3.8) is 0 Å². The lowest BCUT2D eigenvalue weighted by atomic mass is 9.97. The minimum Gasteiger partial charge on any atom is -0.396 e. The minimum absolute atomic E-state index is 0.247. The average Bonchev–Trinajstić information content (AvgIpc) is 2.71. The molecule has 0 spiro atoms. The summed E-state index contributed by atoms with van der Waals surface area (Å²) < 4.78 is 0.915. The van der Waals surface area contributed by atoms with Crippen molar-refractivity contribution in [2.75, 3.05) is 38.1 Å². The second-order valence-corrected chi connectivity index (χ2v) is 9.79. The number of quaternary nitrogens is 1. The maximum Gasteiger partial charge on any atom is 0.191 e. The number of carbonyl (C=O) groups is 1. The zero-order valence-corrected chi connectivity index (χ0v) is 21.3. The van der Waals surface area contributed by atoms with Crippen molar-refractivity contribution in [1.29, 1.82) is 0 Å². The number of rotatable bonds is 18. The quantitative estimate of drug-likeness (QED) is 0.155. The Morgan fingerprint density at radius 2 is 1.47 bits per heavy atom. The Hall–Kier alpha value is -0.710. The molecule has 0 aliphatic heterocycles. The zero-order valence-electron chi connectivity index (χ0n) is 19.7. The number of alkyl halides is 1. The van der Waals surface area contributed by atoms with Gasteiger partial charge in [0.25, 0.3) is 0 Å². The van der Waals surface area contributed by atoms with Gasteiger partial charge in [0.15, 0.2) is 5.78 Å². The van der Waals surface area contributed by atoms with Gasteiger partial charge in [-0.05, 0) is 75.5 Å². The van der Waals surface area contributed by atoms with E-state index in [1.54, 1.807) is 0 Å². The summed E-state index contributed by atoms with van der Waals surface area (Å²) in [5.74, 6) is 0.369. The number of aryl methyl sites for hydroxylation is 2. The second kappa shape index (κ2) is 16.0. The van der Waals surface area contributed by atoms with E-state index in [-0.39, 0.29) is 6.61 Å². The van der Waals surface area contributed by atoms with E-state index >= 15 is 0 Å². The molecule has 172 valence electrons. The number of halogens is 1. The fraction of sp³-hybridized carbons (Fsp3) is 0.731. The van der Waals surface area contributed by atoms with Gasteiger partial charge in [0, 0.05) is 18.4 Å². The number of benzene rings is 1. The van der Waals surface area contributed by atoms with Crippen LogP contribution in [-0.4, -0.2) is 53.5 Å². The number of carbonyl (C=O) groups excluding carboxylic acids is 1. The maximum absolute atomic E-state index is 13.3. The topological polar surface area (TPSA) is 37.3 Å². The molecule has 0 saturated carbocycles. The molecule has 0 aliphatic carbocycles. The van der Waals surface area contributed by atoms with Gasteiger partial charge in [-0.2, -0.15) is 0 Å². The van der Waals surface area contributed by atoms with E-state index in [9.17, 15) is 9.90 Å². The number of hydrogen-bond donors (Lipinski definition) is 1. The van der Waals surface area contributed by atoms with E-state index in [1.165, 1.54) is 61.6 Å². The largest absolute Gasteiger partial charge is 0.396 e. The third-order valence-electron chi connectivity index (χ3n) is 6.32. The molecule has 0 bridgehead atoms. The summed E-state index contributed by atoms with van der Waals surface area (Å²) in [7, 11) is 0. The summed E-state index contributed by atoms with van der Waals surface area (Å²) in [5, 5.41) is 10.4. The van der Waals surface area contributed by atoms with Crippen LogP contribution in [0.25, 0.3) is 0 Å². The zero-order chi connectivity index (χ0) is 22.2. The van der Waals surface area contributed by atoms with Crippen molar-refractivity contribution >= 4 is 21.7 Å². The van der Waals surface area contributed by atoms with Crippen LogP contribution in [0.15, 0.2) is 18.2 Å². The molecule has 1 N–H and O–H groups in total. The van der Waals surface area contributed by atoms with Crippen molar-refractivity contribution in [2.24, 2.45) is 0 Å². The standard InChI is InChI=1S/C26H45BrNO2/c1-4-5-9-17-28(19-11-12-20-29,18-10-7-6-8-16-27)22-25(30)21-26-23(2)14-13-15-24(26)3/h13-15,29H,4-12,16-22H2,1-3H3/q+1. The third kappa shape index (κ3) is 10.5. The Balaban J connectivity index is 2.90. The number of Topliss-reactive ketones (excluding diaryl/α,β-unsaturated/α-hetero) is 1. The number of ketones is 1. The number of aliphatic hydroxyl groups is 1. The summed E-state index contributed by atoms with van der Waals surface area (Å²) in [6, 6.07) is 6.31. The van der Waals surface area contributed by atoms with Crippen LogP contribution in [0, 0.1) is 13.8 Å². The van der Waals surface area contributed by atoms with E-state index in [2.05, 4.69) is 54.9 Å². The first-order valence-corrected chi connectivity index (χ1v) is 13.2. The van der Waals surface area contributed by atoms with Gasteiger partial charge in [-0.25, -0.2) is 0 Å². The van der Waals surface area contributed by atoms with Crippen LogP contribution in [0.4, 0.5) is 0 Å². The first kappa shape index (κ1) is 27.3. The summed E-state index contributed by atoms with van der Waals surface area (Å²) in [4.78, 5) is 13.3. The number of hydrogen-bond acceptors (Lipinski definition) is 2. The van der Waals surface area contributed by atoms with Crippen molar-refractivity contribution in [1.82, 2.24) is 0 Å². The van der Waals surface area contributed by atoms with Crippen molar-refractivity contribution in [2.45, 2.75) is 85.0 Å². The van der Waals surface area contributed by atoms with Crippen LogP contribution in [0.1, 0.15) is 81.4 Å². The lowest BCUT2D eigenvalue weighted by molar-refractivity contribution is -0.921. The van der Waals surface area contributed by atoms with Crippen LogP contribution in [0.5, 0.6) is 0 Å². The van der Waals surface area contributed by atoms with Gasteiger partial charge in [-0.3, -0.25) is 4.79 Å². The highest BCUT2D eigenvalue weighted by atomic mass is 79.9. The summed E-state index contributed by atoms with van der Waals surface area (Å²) in [6.07, 6.45) is 10.9. The molecule has 1 rings (SSSR count). The van der Waals surface area contributed by atoms with E-state index in [1.807, 2.05) is 0 Å². The highest BCUT2D eigenvalue weighted by molar-refractivity contribution is 9.09. The Morgan fingerprint density at radius 3 is 2.03 bits per heavy atom. The number of aliphatic hydroxyl groups excluding tert-OH is 1. The first-order valence-electron chi connectivity index (χ1n) is 12.1. The molecule has 30 heavy (non-hydrogen) atoms. The maximum atomic E-state index is 13.3. The van der Waals surface area contributed by atoms with Crippen LogP contribution >= 0.6 is 15.9 Å². The summed E-state index contributed by atoms with van der Waals surface area (Å²) in [6.45, 7) is 10.6. The lowest BCUT2D eigenvalue weighted by Gasteiger charge is -2.39. The van der Waals surface area contributed by atoms with E-state index in [0.717, 1.165) is 42.3 Å². The predicted molar refractivity (Wildman–Crippen MR) is 132 cm³/mol. The number of unbranched alkanes of at least 4 members (excludes halogenated alkanes) is 6. The molecule has 1 unspecified atom stereocenters. The lowest BCUT2D eigenvalue weighted by Crippen LogP contribution is -2.53. The third-order valence-corrected chi connectivity index (χ3v) is 6.88. The van der Waals surface area contributed by atoms with Gasteiger partial charge in [-0.15, -0.1) is 0 Å². The van der Waals surface area contributed by atoms with Crippen molar-refractivity contribution in [3.8, 4) is 0 Å². The minimum atomic E-state index is 0.247. The predicted octanol–water partition coefficient (Wildman–Crippen LogP) is 6.15. The van der Waals surface area contributed by atoms with Gasteiger partial charge < -0.3 is 9.59 Å². The van der Waals surface area contributed by atoms with E-state index < -0.39 is 0 Å². The Bertz CT molecular complexity index is 572. The monoisotopic (exact) mass is 482 g/mol. The van der Waals surface area contributed by atoms with Crippen LogP contribution < -0.4 is 0 Å². The fourth-order valence-electron chi connectivity index (χ4n) is 4.48. The Labute approximate surface area is 194 Å².